The minimum absolute atomic E-state index is 0.00554. The van der Waals surface area contributed by atoms with Gasteiger partial charge in [0.1, 0.15) is 5.75 Å². The van der Waals surface area contributed by atoms with Gasteiger partial charge in [-0.2, -0.15) is 0 Å². The molecule has 1 N–H and O–H groups in total. The first-order valence-electron chi connectivity index (χ1n) is 10.4. The van der Waals surface area contributed by atoms with E-state index in [1.165, 1.54) is 18.4 Å². The van der Waals surface area contributed by atoms with Gasteiger partial charge < -0.3 is 19.2 Å². The number of nitrogens with zero attached hydrogens (tertiary/aromatic N) is 3. The predicted octanol–water partition coefficient (Wildman–Crippen LogP) is 4.23. The van der Waals surface area contributed by atoms with Crippen molar-refractivity contribution in [1.29, 1.82) is 0 Å². The Labute approximate surface area is 175 Å². The van der Waals surface area contributed by atoms with E-state index in [2.05, 4.69) is 37.8 Å². The lowest BCUT2D eigenvalue weighted by Crippen LogP contribution is -2.34. The average molecular weight is 402 g/mol. The van der Waals surface area contributed by atoms with Crippen molar-refractivity contribution < 1.29 is 9.53 Å². The standard InChI is InChI=1S/C24H26N4O2/c1-15(10-17-13-27(2)22-9-7-19(30-3)12-20(17)22)26-24(29)16-4-8-23-21(11-16)25-14-28(23)18-5-6-18/h4,7-9,11-15,18H,5-6,10H2,1-3H3,(H,26,29)/t15-/m1/s1. The molecule has 6 heteroatoms. The molecule has 0 bridgehead atoms. The number of benzene rings is 2. The topological polar surface area (TPSA) is 61.1 Å². The van der Waals surface area contributed by atoms with Crippen LogP contribution in [0.3, 0.4) is 0 Å². The monoisotopic (exact) mass is 402 g/mol. The molecule has 1 aliphatic rings. The summed E-state index contributed by atoms with van der Waals surface area (Å²) in [6.07, 6.45) is 7.19. The van der Waals surface area contributed by atoms with Crippen molar-refractivity contribution in [2.24, 2.45) is 7.05 Å². The number of ether oxygens (including phenoxy) is 1. The number of rotatable bonds is 6. The second-order valence-corrected chi connectivity index (χ2v) is 8.31. The van der Waals surface area contributed by atoms with Crippen LogP contribution in [0.1, 0.15) is 41.7 Å². The van der Waals surface area contributed by atoms with E-state index in [-0.39, 0.29) is 11.9 Å². The van der Waals surface area contributed by atoms with E-state index in [0.29, 0.717) is 11.6 Å². The lowest BCUT2D eigenvalue weighted by Gasteiger charge is -2.14. The van der Waals surface area contributed by atoms with Gasteiger partial charge in [-0.15, -0.1) is 0 Å². The van der Waals surface area contributed by atoms with Crippen molar-refractivity contribution in [3.8, 4) is 5.75 Å². The maximum atomic E-state index is 12.8. The zero-order valence-corrected chi connectivity index (χ0v) is 17.6. The molecule has 0 saturated heterocycles. The summed E-state index contributed by atoms with van der Waals surface area (Å²) in [6, 6.07) is 12.5. The van der Waals surface area contributed by atoms with E-state index in [4.69, 9.17) is 4.74 Å². The minimum Gasteiger partial charge on any atom is -0.497 e. The summed E-state index contributed by atoms with van der Waals surface area (Å²) in [5.41, 5.74) is 4.98. The third kappa shape index (κ3) is 3.32. The van der Waals surface area contributed by atoms with Gasteiger partial charge in [-0.05, 0) is 68.1 Å². The maximum absolute atomic E-state index is 12.8. The summed E-state index contributed by atoms with van der Waals surface area (Å²) in [7, 11) is 3.72. The van der Waals surface area contributed by atoms with Crippen molar-refractivity contribution in [3.05, 3.63) is 60.0 Å². The van der Waals surface area contributed by atoms with Crippen molar-refractivity contribution in [3.63, 3.8) is 0 Å². The Bertz CT molecular complexity index is 1250. The zero-order chi connectivity index (χ0) is 20.8. The number of amides is 1. The highest BCUT2D eigenvalue weighted by molar-refractivity contribution is 5.97. The number of hydrogen-bond donors (Lipinski definition) is 1. The molecule has 154 valence electrons. The fourth-order valence-electron chi connectivity index (χ4n) is 4.25. The highest BCUT2D eigenvalue weighted by atomic mass is 16.5. The Morgan fingerprint density at radius 1 is 1.23 bits per heavy atom. The van der Waals surface area contributed by atoms with Crippen LogP contribution in [0, 0.1) is 0 Å². The summed E-state index contributed by atoms with van der Waals surface area (Å²) in [6.45, 7) is 2.04. The van der Waals surface area contributed by atoms with E-state index < -0.39 is 0 Å². The molecule has 0 aliphatic heterocycles. The second-order valence-electron chi connectivity index (χ2n) is 8.31. The molecule has 6 nitrogen and oxygen atoms in total. The molecule has 5 rings (SSSR count). The van der Waals surface area contributed by atoms with Crippen molar-refractivity contribution in [2.75, 3.05) is 7.11 Å². The molecule has 1 saturated carbocycles. The van der Waals surface area contributed by atoms with Crippen LogP contribution in [0.5, 0.6) is 5.75 Å². The number of carbonyl (C=O) groups is 1. The SMILES string of the molecule is COc1ccc2c(c1)c(C[C@@H](C)NC(=O)c1ccc3c(c1)ncn3C1CC1)cn2C. The molecule has 0 spiro atoms. The second kappa shape index (κ2) is 7.20. The lowest BCUT2D eigenvalue weighted by molar-refractivity contribution is 0.0940. The number of nitrogens with one attached hydrogen (secondary N) is 1. The number of methoxy groups -OCH3 is 1. The molecule has 2 aromatic carbocycles. The predicted molar refractivity (Wildman–Crippen MR) is 118 cm³/mol. The van der Waals surface area contributed by atoms with Crippen LogP contribution in [0.15, 0.2) is 48.9 Å². The van der Waals surface area contributed by atoms with Gasteiger partial charge in [-0.1, -0.05) is 0 Å². The van der Waals surface area contributed by atoms with Crippen LogP contribution in [0.25, 0.3) is 21.9 Å². The maximum Gasteiger partial charge on any atom is 0.251 e. The molecular formula is C24H26N4O2. The quantitative estimate of drug-likeness (QED) is 0.525. The first kappa shape index (κ1) is 18.7. The highest BCUT2D eigenvalue weighted by Crippen LogP contribution is 2.37. The number of carbonyl (C=O) groups excluding carboxylic acids is 1. The van der Waals surface area contributed by atoms with Crippen molar-refractivity contribution >= 4 is 27.8 Å². The molecule has 1 fully saturated rings. The first-order chi connectivity index (χ1) is 14.5. The summed E-state index contributed by atoms with van der Waals surface area (Å²) in [4.78, 5) is 17.3. The van der Waals surface area contributed by atoms with Gasteiger partial charge in [0.05, 0.1) is 24.5 Å². The van der Waals surface area contributed by atoms with E-state index in [1.807, 2.05) is 44.6 Å². The third-order valence-corrected chi connectivity index (χ3v) is 5.96. The van der Waals surface area contributed by atoms with E-state index in [0.717, 1.165) is 34.1 Å². The molecule has 4 aromatic rings. The Kier molecular flexibility index (Phi) is 4.50. The summed E-state index contributed by atoms with van der Waals surface area (Å²) in [5.74, 6) is 0.772. The smallest absolute Gasteiger partial charge is 0.251 e. The van der Waals surface area contributed by atoms with Crippen LogP contribution < -0.4 is 10.1 Å². The Morgan fingerprint density at radius 3 is 2.80 bits per heavy atom. The number of imidazole rings is 1. The van der Waals surface area contributed by atoms with Crippen LogP contribution in [0.4, 0.5) is 0 Å². The molecule has 0 unspecified atom stereocenters. The highest BCUT2D eigenvalue weighted by Gasteiger charge is 2.25. The van der Waals surface area contributed by atoms with Crippen molar-refractivity contribution in [1.82, 2.24) is 19.4 Å². The van der Waals surface area contributed by atoms with Gasteiger partial charge in [-0.3, -0.25) is 4.79 Å². The van der Waals surface area contributed by atoms with Gasteiger partial charge in [0, 0.05) is 41.8 Å². The van der Waals surface area contributed by atoms with Gasteiger partial charge in [0.15, 0.2) is 0 Å². The normalized spacial score (nSPS) is 14.9. The largest absolute Gasteiger partial charge is 0.497 e. The molecule has 2 heterocycles. The third-order valence-electron chi connectivity index (χ3n) is 5.96. The summed E-state index contributed by atoms with van der Waals surface area (Å²) >= 11 is 0. The van der Waals surface area contributed by atoms with Crippen LogP contribution >= 0.6 is 0 Å². The molecule has 0 radical (unpaired) electrons. The van der Waals surface area contributed by atoms with Crippen LogP contribution in [0.2, 0.25) is 0 Å². The fraction of sp³-hybridized carbons (Fsp3) is 0.333. The van der Waals surface area contributed by atoms with Crippen LogP contribution in [-0.2, 0) is 13.5 Å². The van der Waals surface area contributed by atoms with Crippen molar-refractivity contribution in [2.45, 2.75) is 38.3 Å². The summed E-state index contributed by atoms with van der Waals surface area (Å²) < 4.78 is 9.71. The number of fused-ring (bicyclic) bond motifs is 2. The van der Waals surface area contributed by atoms with E-state index in [1.54, 1.807) is 7.11 Å². The van der Waals surface area contributed by atoms with E-state index in [9.17, 15) is 4.79 Å². The number of aryl methyl sites for hydroxylation is 1. The molecule has 30 heavy (non-hydrogen) atoms. The van der Waals surface area contributed by atoms with E-state index >= 15 is 0 Å². The Hall–Kier alpha value is -3.28. The lowest BCUT2D eigenvalue weighted by atomic mass is 10.1. The number of hydrogen-bond acceptors (Lipinski definition) is 3. The minimum atomic E-state index is -0.0665. The Balaban J connectivity index is 1.33. The van der Waals surface area contributed by atoms with Gasteiger partial charge in [0.2, 0.25) is 0 Å². The first-order valence-corrected chi connectivity index (χ1v) is 10.4. The summed E-state index contributed by atoms with van der Waals surface area (Å²) in [5, 5.41) is 4.30. The molecule has 1 amide bonds. The molecule has 1 atom stereocenters. The van der Waals surface area contributed by atoms with Gasteiger partial charge in [-0.25, -0.2) is 4.98 Å². The zero-order valence-electron chi connectivity index (χ0n) is 17.6. The Morgan fingerprint density at radius 2 is 2.03 bits per heavy atom. The van der Waals surface area contributed by atoms with Gasteiger partial charge in [0.25, 0.3) is 5.91 Å². The van der Waals surface area contributed by atoms with Gasteiger partial charge >= 0.3 is 0 Å². The molecular weight excluding hydrogens is 376 g/mol. The van der Waals surface area contributed by atoms with Crippen LogP contribution in [-0.4, -0.2) is 33.2 Å². The fourth-order valence-corrected chi connectivity index (χ4v) is 4.25. The number of aromatic nitrogens is 3. The molecule has 2 aromatic heterocycles. The molecule has 1 aliphatic carbocycles. The average Bonchev–Trinajstić information content (AvgIpc) is 3.43.